The van der Waals surface area contributed by atoms with Gasteiger partial charge in [0.2, 0.25) is 20.0 Å². The van der Waals surface area contributed by atoms with Crippen molar-refractivity contribution in [3.05, 3.63) is 84.9 Å². The molecule has 2 unspecified atom stereocenters. The van der Waals surface area contributed by atoms with Crippen LogP contribution in [0.25, 0.3) is 43.9 Å². The molecule has 204 valence electrons. The Morgan fingerprint density at radius 2 is 0.925 bits per heavy atom. The average Bonchev–Trinajstić information content (AvgIpc) is 3.51. The number of hydrogen-bond acceptors (Lipinski definition) is 6. The van der Waals surface area contributed by atoms with E-state index in [1.807, 2.05) is 48.5 Å². The van der Waals surface area contributed by atoms with E-state index in [0.29, 0.717) is 45.9 Å². The highest BCUT2D eigenvalue weighted by molar-refractivity contribution is 7.90. The van der Waals surface area contributed by atoms with E-state index in [9.17, 15) is 16.8 Å². The fraction of sp³-hybridized carbons (Fsp3) is 0.200. The second-order valence-corrected chi connectivity index (χ2v) is 13.7. The van der Waals surface area contributed by atoms with Crippen molar-refractivity contribution in [3.8, 4) is 0 Å². The molecule has 40 heavy (non-hydrogen) atoms. The molecule has 6 aromatic rings. The van der Waals surface area contributed by atoms with Crippen LogP contribution in [-0.2, 0) is 20.0 Å². The molecule has 10 heteroatoms. The maximum absolute atomic E-state index is 13.5. The van der Waals surface area contributed by atoms with E-state index in [0.717, 1.165) is 23.6 Å². The van der Waals surface area contributed by atoms with Crippen LogP contribution in [0.4, 0.5) is 0 Å². The average molecular weight is 575 g/mol. The minimum absolute atomic E-state index is 0.107. The summed E-state index contributed by atoms with van der Waals surface area (Å²) in [4.78, 5) is 0.215. The maximum Gasteiger partial charge on any atom is 0.240 e. The van der Waals surface area contributed by atoms with Gasteiger partial charge in [-0.3, -0.25) is 0 Å². The second-order valence-electron chi connectivity index (χ2n) is 10.3. The molecule has 1 aliphatic carbocycles. The third kappa shape index (κ3) is 4.37. The van der Waals surface area contributed by atoms with E-state index < -0.39 is 32.1 Å². The van der Waals surface area contributed by atoms with Crippen LogP contribution < -0.4 is 9.44 Å². The molecule has 7 rings (SSSR count). The highest BCUT2D eigenvalue weighted by Gasteiger charge is 2.33. The number of furan rings is 2. The zero-order chi connectivity index (χ0) is 27.5. The molecule has 1 fully saturated rings. The van der Waals surface area contributed by atoms with Crippen LogP contribution in [0, 0.1) is 0 Å². The van der Waals surface area contributed by atoms with E-state index in [1.165, 1.54) is 12.1 Å². The molecule has 0 amide bonds. The van der Waals surface area contributed by atoms with Crippen LogP contribution >= 0.6 is 0 Å². The van der Waals surface area contributed by atoms with Crippen LogP contribution in [0.3, 0.4) is 0 Å². The van der Waals surface area contributed by atoms with Gasteiger partial charge in [0.15, 0.2) is 0 Å². The summed E-state index contributed by atoms with van der Waals surface area (Å²) in [6.45, 7) is 0. The molecule has 2 atom stereocenters. The Bertz CT molecular complexity index is 1980. The molecule has 2 heterocycles. The molecule has 4 aromatic carbocycles. The van der Waals surface area contributed by atoms with Crippen LogP contribution in [0.15, 0.2) is 104 Å². The summed E-state index contributed by atoms with van der Waals surface area (Å²) in [5.74, 6) is 0. The predicted octanol–water partition coefficient (Wildman–Crippen LogP) is 6.05. The Morgan fingerprint density at radius 3 is 1.38 bits per heavy atom. The molecule has 0 radical (unpaired) electrons. The first-order chi connectivity index (χ1) is 19.3. The summed E-state index contributed by atoms with van der Waals surface area (Å²) < 4.78 is 71.2. The number of hydrogen-bond donors (Lipinski definition) is 2. The molecular formula is C30H26N2O6S2. The predicted molar refractivity (Wildman–Crippen MR) is 154 cm³/mol. The third-order valence-electron chi connectivity index (χ3n) is 7.70. The number of benzene rings is 4. The lowest BCUT2D eigenvalue weighted by Gasteiger charge is -2.32. The van der Waals surface area contributed by atoms with Gasteiger partial charge in [-0.05, 0) is 61.4 Å². The van der Waals surface area contributed by atoms with Gasteiger partial charge in [0.05, 0.1) is 9.79 Å². The monoisotopic (exact) mass is 574 g/mol. The van der Waals surface area contributed by atoms with Gasteiger partial charge >= 0.3 is 0 Å². The number of para-hydroxylation sites is 2. The van der Waals surface area contributed by atoms with E-state index in [1.54, 1.807) is 24.3 Å². The van der Waals surface area contributed by atoms with Crippen molar-refractivity contribution in [1.29, 1.82) is 0 Å². The lowest BCUT2D eigenvalue weighted by molar-refractivity contribution is 0.340. The molecular weight excluding hydrogens is 548 g/mol. The molecule has 1 aliphatic rings. The first-order valence-electron chi connectivity index (χ1n) is 13.2. The van der Waals surface area contributed by atoms with Gasteiger partial charge in [0, 0.05) is 33.6 Å². The van der Waals surface area contributed by atoms with Crippen molar-refractivity contribution in [3.63, 3.8) is 0 Å². The van der Waals surface area contributed by atoms with Gasteiger partial charge in [0.25, 0.3) is 0 Å². The van der Waals surface area contributed by atoms with Crippen molar-refractivity contribution in [1.82, 2.24) is 9.44 Å². The molecule has 2 aromatic heterocycles. The third-order valence-corrected chi connectivity index (χ3v) is 10.7. The highest BCUT2D eigenvalue weighted by atomic mass is 32.2. The maximum atomic E-state index is 13.5. The molecule has 1 saturated carbocycles. The summed E-state index contributed by atoms with van der Waals surface area (Å²) in [5.41, 5.74) is 2.57. The Morgan fingerprint density at radius 1 is 0.525 bits per heavy atom. The van der Waals surface area contributed by atoms with E-state index in [2.05, 4.69) is 9.44 Å². The number of fused-ring (bicyclic) bond motifs is 6. The molecule has 8 nitrogen and oxygen atoms in total. The number of sulfonamides is 2. The summed E-state index contributed by atoms with van der Waals surface area (Å²) in [5, 5.41) is 3.09. The molecule has 0 bridgehead atoms. The fourth-order valence-electron chi connectivity index (χ4n) is 5.69. The van der Waals surface area contributed by atoms with E-state index in [4.69, 9.17) is 8.83 Å². The van der Waals surface area contributed by atoms with Gasteiger partial charge in [0.1, 0.15) is 22.3 Å². The van der Waals surface area contributed by atoms with Crippen LogP contribution in [0.5, 0.6) is 0 Å². The Labute approximate surface area is 231 Å². The van der Waals surface area contributed by atoms with Crippen molar-refractivity contribution < 1.29 is 25.7 Å². The molecule has 0 aliphatic heterocycles. The lowest BCUT2D eigenvalue weighted by Crippen LogP contribution is -2.52. The standard InChI is InChI=1S/C30H26N2O6S2/c33-39(34,19-13-15-29-23(17-19)21-7-1-5-11-27(21)37-29)31-25-9-3-4-10-26(25)32-40(35,36)20-14-16-30-24(18-20)22-8-2-6-12-28(22)38-30/h1-2,5-8,11-18,25-26,31-32H,3-4,9-10H2. The fourth-order valence-corrected chi connectivity index (χ4v) is 8.37. The molecule has 0 spiro atoms. The Balaban J connectivity index is 1.17. The second kappa shape index (κ2) is 9.45. The summed E-state index contributed by atoms with van der Waals surface area (Å²) >= 11 is 0. The molecule has 2 N–H and O–H groups in total. The minimum atomic E-state index is -3.94. The quantitative estimate of drug-likeness (QED) is 0.250. The molecule has 0 saturated heterocycles. The van der Waals surface area contributed by atoms with Gasteiger partial charge < -0.3 is 8.83 Å². The largest absolute Gasteiger partial charge is 0.456 e. The van der Waals surface area contributed by atoms with E-state index >= 15 is 0 Å². The van der Waals surface area contributed by atoms with Gasteiger partial charge in [-0.1, -0.05) is 49.2 Å². The van der Waals surface area contributed by atoms with Crippen molar-refractivity contribution in [2.45, 2.75) is 47.6 Å². The SMILES string of the molecule is O=S(=O)(NC1CCCCC1NS(=O)(=O)c1ccc2oc3ccccc3c2c1)c1ccc2oc3ccccc3c2c1. The van der Waals surface area contributed by atoms with Crippen LogP contribution in [-0.4, -0.2) is 28.9 Å². The van der Waals surface area contributed by atoms with Gasteiger partial charge in [-0.15, -0.1) is 0 Å². The smallest absolute Gasteiger partial charge is 0.240 e. The topological polar surface area (TPSA) is 119 Å². The highest BCUT2D eigenvalue weighted by Crippen LogP contribution is 2.32. The van der Waals surface area contributed by atoms with Gasteiger partial charge in [-0.25, -0.2) is 26.3 Å². The number of rotatable bonds is 6. The Kier molecular flexibility index (Phi) is 5.97. The summed E-state index contributed by atoms with van der Waals surface area (Å²) in [6.07, 6.45) is 2.64. The zero-order valence-electron chi connectivity index (χ0n) is 21.3. The lowest BCUT2D eigenvalue weighted by atomic mass is 9.92. The Hall–Kier alpha value is -3.70. The van der Waals surface area contributed by atoms with Crippen molar-refractivity contribution in [2.24, 2.45) is 0 Å². The summed E-state index contributed by atoms with van der Waals surface area (Å²) in [6, 6.07) is 23.3. The van der Waals surface area contributed by atoms with E-state index in [-0.39, 0.29) is 9.79 Å². The first kappa shape index (κ1) is 25.3. The van der Waals surface area contributed by atoms with Gasteiger partial charge in [-0.2, -0.15) is 0 Å². The summed E-state index contributed by atoms with van der Waals surface area (Å²) in [7, 11) is -7.87. The van der Waals surface area contributed by atoms with Crippen molar-refractivity contribution >= 4 is 63.9 Å². The van der Waals surface area contributed by atoms with Crippen LogP contribution in [0.1, 0.15) is 25.7 Å². The minimum Gasteiger partial charge on any atom is -0.456 e. The van der Waals surface area contributed by atoms with Crippen molar-refractivity contribution in [2.75, 3.05) is 0 Å². The number of nitrogens with one attached hydrogen (secondary N) is 2. The van der Waals surface area contributed by atoms with Crippen LogP contribution in [0.2, 0.25) is 0 Å². The first-order valence-corrected chi connectivity index (χ1v) is 16.1. The zero-order valence-corrected chi connectivity index (χ0v) is 23.0. The normalized spacial score (nSPS) is 18.7.